The molecule has 21 heavy (non-hydrogen) atoms. The minimum atomic E-state index is -1.12. The standard InChI is InChI=1S/C15H13BrN2O3/c1-8-3-4-9(2)13(15(20)21)12(8)14(19)18-10-5-6-11(16)17-7-10/h3-7H,1-2H3,(H,18,19)(H,20,21). The lowest BCUT2D eigenvalue weighted by molar-refractivity contribution is 0.0691. The zero-order chi connectivity index (χ0) is 15.6. The van der Waals surface area contributed by atoms with Gasteiger partial charge in [-0.1, -0.05) is 12.1 Å². The van der Waals surface area contributed by atoms with E-state index >= 15 is 0 Å². The van der Waals surface area contributed by atoms with Crippen molar-refractivity contribution < 1.29 is 14.7 Å². The van der Waals surface area contributed by atoms with E-state index in [-0.39, 0.29) is 11.1 Å². The third kappa shape index (κ3) is 3.28. The Kier molecular flexibility index (Phi) is 4.37. The second kappa shape index (κ2) is 6.05. The van der Waals surface area contributed by atoms with E-state index in [0.717, 1.165) is 0 Å². The number of aryl methyl sites for hydroxylation is 2. The molecule has 2 rings (SSSR count). The smallest absolute Gasteiger partial charge is 0.336 e. The lowest BCUT2D eigenvalue weighted by Gasteiger charge is -2.12. The second-order valence-corrected chi connectivity index (χ2v) is 5.39. The summed E-state index contributed by atoms with van der Waals surface area (Å²) in [6.45, 7) is 3.38. The lowest BCUT2D eigenvalue weighted by atomic mass is 9.96. The average Bonchev–Trinajstić information content (AvgIpc) is 2.43. The fourth-order valence-electron chi connectivity index (χ4n) is 2.02. The minimum absolute atomic E-state index is 0.0255. The van der Waals surface area contributed by atoms with Crippen LogP contribution in [-0.4, -0.2) is 22.0 Å². The van der Waals surface area contributed by atoms with Crippen LogP contribution >= 0.6 is 15.9 Å². The van der Waals surface area contributed by atoms with Crippen LogP contribution in [0, 0.1) is 13.8 Å². The summed E-state index contributed by atoms with van der Waals surface area (Å²) in [6.07, 6.45) is 1.49. The number of hydrogen-bond donors (Lipinski definition) is 2. The molecule has 0 saturated heterocycles. The van der Waals surface area contributed by atoms with E-state index in [0.29, 0.717) is 21.4 Å². The topological polar surface area (TPSA) is 79.3 Å². The summed E-state index contributed by atoms with van der Waals surface area (Å²) in [5.41, 5.74) is 1.86. The molecule has 6 heteroatoms. The van der Waals surface area contributed by atoms with Crippen LogP contribution in [0.1, 0.15) is 31.8 Å². The van der Waals surface area contributed by atoms with E-state index in [1.165, 1.54) is 6.20 Å². The van der Waals surface area contributed by atoms with E-state index in [9.17, 15) is 14.7 Å². The Morgan fingerprint density at radius 3 is 2.24 bits per heavy atom. The number of rotatable bonds is 3. The predicted octanol–water partition coefficient (Wildman–Crippen LogP) is 3.41. The summed E-state index contributed by atoms with van der Waals surface area (Å²) in [5, 5.41) is 12.0. The van der Waals surface area contributed by atoms with Gasteiger partial charge < -0.3 is 10.4 Å². The molecule has 0 bridgehead atoms. The van der Waals surface area contributed by atoms with Crippen molar-refractivity contribution in [3.8, 4) is 0 Å². The quantitative estimate of drug-likeness (QED) is 0.833. The van der Waals surface area contributed by atoms with Gasteiger partial charge in [0.25, 0.3) is 5.91 Å². The number of amides is 1. The Morgan fingerprint density at radius 1 is 1.10 bits per heavy atom. The van der Waals surface area contributed by atoms with Crippen LogP contribution < -0.4 is 5.32 Å². The number of carbonyl (C=O) groups excluding carboxylic acids is 1. The molecule has 0 atom stereocenters. The van der Waals surface area contributed by atoms with E-state index in [4.69, 9.17) is 0 Å². The molecule has 1 heterocycles. The summed E-state index contributed by atoms with van der Waals surface area (Å²) in [7, 11) is 0. The summed E-state index contributed by atoms with van der Waals surface area (Å²) in [5.74, 6) is -1.58. The zero-order valence-corrected chi connectivity index (χ0v) is 13.1. The highest BCUT2D eigenvalue weighted by Crippen LogP contribution is 2.21. The first kappa shape index (κ1) is 15.2. The van der Waals surface area contributed by atoms with Gasteiger partial charge in [0.1, 0.15) is 4.60 Å². The maximum Gasteiger partial charge on any atom is 0.336 e. The first-order valence-electron chi connectivity index (χ1n) is 6.16. The fraction of sp³-hybridized carbons (Fsp3) is 0.133. The Morgan fingerprint density at radius 2 is 1.71 bits per heavy atom. The maximum atomic E-state index is 12.4. The van der Waals surface area contributed by atoms with Gasteiger partial charge in [-0.05, 0) is 53.0 Å². The van der Waals surface area contributed by atoms with E-state index in [1.54, 1.807) is 38.1 Å². The molecule has 0 radical (unpaired) electrons. The van der Waals surface area contributed by atoms with Crippen molar-refractivity contribution in [1.82, 2.24) is 4.98 Å². The van der Waals surface area contributed by atoms with E-state index in [2.05, 4.69) is 26.2 Å². The number of aromatic nitrogens is 1. The minimum Gasteiger partial charge on any atom is -0.478 e. The molecule has 5 nitrogen and oxygen atoms in total. The number of anilines is 1. The summed E-state index contributed by atoms with van der Waals surface area (Å²) in [4.78, 5) is 27.8. The Hall–Kier alpha value is -2.21. The van der Waals surface area contributed by atoms with Crippen molar-refractivity contribution in [2.24, 2.45) is 0 Å². The summed E-state index contributed by atoms with van der Waals surface area (Å²) >= 11 is 3.21. The van der Waals surface area contributed by atoms with Crippen LogP contribution in [0.2, 0.25) is 0 Å². The highest BCUT2D eigenvalue weighted by molar-refractivity contribution is 9.10. The SMILES string of the molecule is Cc1ccc(C)c(C(=O)Nc2ccc(Br)nc2)c1C(=O)O. The molecular weight excluding hydrogens is 336 g/mol. The first-order valence-corrected chi connectivity index (χ1v) is 6.96. The van der Waals surface area contributed by atoms with Crippen molar-refractivity contribution in [1.29, 1.82) is 0 Å². The third-order valence-electron chi connectivity index (χ3n) is 3.05. The molecule has 1 amide bonds. The van der Waals surface area contributed by atoms with Gasteiger partial charge in [0.2, 0.25) is 0 Å². The molecule has 2 aromatic rings. The number of benzene rings is 1. The number of carboxylic acids is 1. The van der Waals surface area contributed by atoms with Crippen molar-refractivity contribution >= 4 is 33.5 Å². The molecule has 0 fully saturated rings. The number of nitrogens with one attached hydrogen (secondary N) is 1. The molecule has 0 aliphatic carbocycles. The van der Waals surface area contributed by atoms with Crippen LogP contribution in [0.15, 0.2) is 35.1 Å². The number of nitrogens with zero attached hydrogens (tertiary/aromatic N) is 1. The van der Waals surface area contributed by atoms with E-state index in [1.807, 2.05) is 0 Å². The Balaban J connectivity index is 2.41. The Bertz CT molecular complexity index is 712. The van der Waals surface area contributed by atoms with Crippen LogP contribution in [0.3, 0.4) is 0 Å². The molecule has 2 N–H and O–H groups in total. The molecular formula is C15H13BrN2O3. The number of carbonyl (C=O) groups is 2. The summed E-state index contributed by atoms with van der Waals surface area (Å²) in [6, 6.07) is 6.80. The number of hydrogen-bond acceptors (Lipinski definition) is 3. The highest BCUT2D eigenvalue weighted by atomic mass is 79.9. The molecule has 1 aromatic carbocycles. The molecule has 108 valence electrons. The highest BCUT2D eigenvalue weighted by Gasteiger charge is 2.21. The van der Waals surface area contributed by atoms with Crippen molar-refractivity contribution in [2.45, 2.75) is 13.8 Å². The maximum absolute atomic E-state index is 12.4. The Labute approximate surface area is 130 Å². The van der Waals surface area contributed by atoms with Gasteiger partial charge in [0.05, 0.1) is 23.0 Å². The van der Waals surface area contributed by atoms with E-state index < -0.39 is 11.9 Å². The van der Waals surface area contributed by atoms with Gasteiger partial charge >= 0.3 is 5.97 Å². The number of carboxylic acid groups (broad SMARTS) is 1. The van der Waals surface area contributed by atoms with Gasteiger partial charge in [-0.3, -0.25) is 4.79 Å². The molecule has 0 aliphatic heterocycles. The van der Waals surface area contributed by atoms with Gasteiger partial charge in [0, 0.05) is 0 Å². The van der Waals surface area contributed by atoms with Crippen LogP contribution in [0.5, 0.6) is 0 Å². The molecule has 1 aromatic heterocycles. The van der Waals surface area contributed by atoms with Gasteiger partial charge in [-0.2, -0.15) is 0 Å². The van der Waals surface area contributed by atoms with Crippen LogP contribution in [0.4, 0.5) is 5.69 Å². The number of pyridine rings is 1. The van der Waals surface area contributed by atoms with Crippen molar-refractivity contribution in [2.75, 3.05) is 5.32 Å². The monoisotopic (exact) mass is 348 g/mol. The third-order valence-corrected chi connectivity index (χ3v) is 3.52. The molecule has 0 saturated carbocycles. The predicted molar refractivity (Wildman–Crippen MR) is 82.8 cm³/mol. The summed E-state index contributed by atoms with van der Waals surface area (Å²) < 4.78 is 0.651. The lowest BCUT2D eigenvalue weighted by Crippen LogP contribution is -2.19. The normalized spacial score (nSPS) is 10.2. The van der Waals surface area contributed by atoms with Gasteiger partial charge in [-0.15, -0.1) is 0 Å². The number of aromatic carboxylic acids is 1. The second-order valence-electron chi connectivity index (χ2n) is 4.58. The van der Waals surface area contributed by atoms with Gasteiger partial charge in [-0.25, -0.2) is 9.78 Å². The first-order chi connectivity index (χ1) is 9.90. The fourth-order valence-corrected chi connectivity index (χ4v) is 2.26. The van der Waals surface area contributed by atoms with Crippen molar-refractivity contribution in [3.63, 3.8) is 0 Å². The molecule has 0 aliphatic rings. The molecule has 0 spiro atoms. The largest absolute Gasteiger partial charge is 0.478 e. The average molecular weight is 349 g/mol. The van der Waals surface area contributed by atoms with Crippen molar-refractivity contribution in [3.05, 3.63) is 57.3 Å². The van der Waals surface area contributed by atoms with Crippen LogP contribution in [0.25, 0.3) is 0 Å². The molecule has 0 unspecified atom stereocenters. The van der Waals surface area contributed by atoms with Gasteiger partial charge in [0.15, 0.2) is 0 Å². The number of halogens is 1. The zero-order valence-electron chi connectivity index (χ0n) is 11.5. The van der Waals surface area contributed by atoms with Crippen LogP contribution in [-0.2, 0) is 0 Å².